The molecule has 4 rings (SSSR count). The Bertz CT molecular complexity index is 873. The van der Waals surface area contributed by atoms with Gasteiger partial charge in [-0.05, 0) is 43.1 Å². The molecule has 1 saturated heterocycles. The van der Waals surface area contributed by atoms with E-state index in [2.05, 4.69) is 26.8 Å². The van der Waals surface area contributed by atoms with Gasteiger partial charge in [-0.2, -0.15) is 0 Å². The molecule has 2 aromatic heterocycles. The third-order valence-electron chi connectivity index (χ3n) is 6.20. The molecule has 1 spiro atoms. The zero-order chi connectivity index (χ0) is 19.9. The van der Waals surface area contributed by atoms with Gasteiger partial charge in [0.2, 0.25) is 0 Å². The van der Waals surface area contributed by atoms with Crippen LogP contribution in [0.1, 0.15) is 32.6 Å². The highest BCUT2D eigenvalue weighted by molar-refractivity contribution is 7.99. The second-order valence-electron chi connectivity index (χ2n) is 7.82. The zero-order valence-corrected chi connectivity index (χ0v) is 17.3. The van der Waals surface area contributed by atoms with Crippen LogP contribution in [0.25, 0.3) is 0 Å². The molecule has 28 heavy (non-hydrogen) atoms. The van der Waals surface area contributed by atoms with E-state index in [0.29, 0.717) is 34.6 Å². The fourth-order valence-electron chi connectivity index (χ4n) is 4.48. The van der Waals surface area contributed by atoms with Crippen molar-refractivity contribution in [1.82, 2.24) is 15.0 Å². The molecule has 0 radical (unpaired) electrons. The van der Waals surface area contributed by atoms with Crippen LogP contribution in [0, 0.1) is 11.3 Å². The van der Waals surface area contributed by atoms with Gasteiger partial charge in [0.05, 0.1) is 11.2 Å². The molecule has 4 N–H and O–H groups in total. The summed E-state index contributed by atoms with van der Waals surface area (Å²) >= 11 is 7.51. The predicted octanol–water partition coefficient (Wildman–Crippen LogP) is 4.20. The minimum Gasteiger partial charge on any atom is -0.382 e. The minimum absolute atomic E-state index is 0.142. The predicted molar refractivity (Wildman–Crippen MR) is 111 cm³/mol. The monoisotopic (exact) mass is 422 g/mol. The second kappa shape index (κ2) is 7.55. The summed E-state index contributed by atoms with van der Waals surface area (Å²) in [4.78, 5) is 15.9. The van der Waals surface area contributed by atoms with Crippen molar-refractivity contribution >= 4 is 40.8 Å². The van der Waals surface area contributed by atoms with Crippen LogP contribution in [0.5, 0.6) is 0 Å². The van der Waals surface area contributed by atoms with Crippen LogP contribution in [0.15, 0.2) is 28.4 Å². The molecule has 150 valence electrons. The number of halogens is 2. The van der Waals surface area contributed by atoms with Crippen molar-refractivity contribution in [2.75, 3.05) is 29.5 Å². The van der Waals surface area contributed by atoms with Gasteiger partial charge in [-0.25, -0.2) is 19.3 Å². The summed E-state index contributed by atoms with van der Waals surface area (Å²) in [5.74, 6) is 1.83. The summed E-state index contributed by atoms with van der Waals surface area (Å²) in [5.41, 5.74) is 12.0. The Morgan fingerprint density at radius 2 is 2.00 bits per heavy atom. The van der Waals surface area contributed by atoms with Crippen LogP contribution in [-0.4, -0.2) is 34.2 Å². The summed E-state index contributed by atoms with van der Waals surface area (Å²) in [6.07, 6.45) is 6.05. The van der Waals surface area contributed by atoms with Crippen molar-refractivity contribution in [1.29, 1.82) is 0 Å². The molecule has 9 heteroatoms. The van der Waals surface area contributed by atoms with Gasteiger partial charge < -0.3 is 16.4 Å². The molecule has 1 aliphatic heterocycles. The second-order valence-corrected chi connectivity index (χ2v) is 9.23. The van der Waals surface area contributed by atoms with Crippen LogP contribution < -0.4 is 16.4 Å². The first-order valence-corrected chi connectivity index (χ1v) is 10.7. The van der Waals surface area contributed by atoms with Crippen LogP contribution >= 0.6 is 23.4 Å². The summed E-state index contributed by atoms with van der Waals surface area (Å²) in [6.45, 7) is 3.89. The first-order chi connectivity index (χ1) is 13.4. The van der Waals surface area contributed by atoms with E-state index < -0.39 is 6.17 Å². The number of alkyl halides is 1. The molecule has 1 aliphatic carbocycles. The normalized spacial score (nSPS) is 24.0. The smallest absolute Gasteiger partial charge is 0.158 e. The molecule has 0 bridgehead atoms. The van der Waals surface area contributed by atoms with Gasteiger partial charge in [0, 0.05) is 24.2 Å². The molecular weight excluding hydrogens is 399 g/mol. The van der Waals surface area contributed by atoms with Crippen LogP contribution in [0.4, 0.5) is 21.8 Å². The quantitative estimate of drug-likeness (QED) is 0.765. The zero-order valence-electron chi connectivity index (χ0n) is 15.7. The SMILES string of the molecule is C[C@@H]1C[C@H](F)CC12CCN(c1cnc(Sc3ccnc(N)c3Cl)c(N)n1)CC2. The lowest BCUT2D eigenvalue weighted by molar-refractivity contribution is 0.155. The number of rotatable bonds is 3. The van der Waals surface area contributed by atoms with Gasteiger partial charge in [0.15, 0.2) is 5.82 Å². The Morgan fingerprint density at radius 1 is 1.25 bits per heavy atom. The molecule has 6 nitrogen and oxygen atoms in total. The van der Waals surface area contributed by atoms with Crippen LogP contribution in [0.2, 0.25) is 5.02 Å². The Hall–Kier alpha value is -1.80. The van der Waals surface area contributed by atoms with Crippen molar-refractivity contribution in [2.45, 2.75) is 48.7 Å². The molecule has 1 saturated carbocycles. The van der Waals surface area contributed by atoms with Crippen molar-refractivity contribution in [3.05, 3.63) is 23.5 Å². The average Bonchev–Trinajstić information content (AvgIpc) is 2.94. The largest absolute Gasteiger partial charge is 0.382 e. The van der Waals surface area contributed by atoms with Crippen molar-refractivity contribution in [3.63, 3.8) is 0 Å². The van der Waals surface area contributed by atoms with Crippen LogP contribution in [0.3, 0.4) is 0 Å². The van der Waals surface area contributed by atoms with E-state index in [1.54, 1.807) is 18.5 Å². The number of anilines is 3. The van der Waals surface area contributed by atoms with Crippen LogP contribution in [-0.2, 0) is 0 Å². The first kappa shape index (κ1) is 19.5. The Kier molecular flexibility index (Phi) is 5.26. The molecule has 2 atom stereocenters. The number of aromatic nitrogens is 3. The summed E-state index contributed by atoms with van der Waals surface area (Å²) in [5, 5.41) is 0.963. The van der Waals surface area contributed by atoms with E-state index in [1.807, 2.05) is 0 Å². The first-order valence-electron chi connectivity index (χ1n) is 9.47. The number of nitrogens with zero attached hydrogens (tertiary/aromatic N) is 4. The standard InChI is InChI=1S/C19H24ClFN6S/c1-11-8-12(21)9-19(11)3-6-27(7-4-19)14-10-25-18(17(23)26-14)28-13-2-5-24-16(22)15(13)20/h2,5,10-12H,3-4,6-9H2,1H3,(H2,22,24)(H2,23,26)/t11-,12+/m1/s1. The number of pyridine rings is 1. The van der Waals surface area contributed by atoms with E-state index >= 15 is 0 Å². The highest BCUT2D eigenvalue weighted by Gasteiger charge is 2.46. The van der Waals surface area contributed by atoms with E-state index in [4.69, 9.17) is 23.1 Å². The molecule has 0 aromatic carbocycles. The van der Waals surface area contributed by atoms with Crippen molar-refractivity contribution in [2.24, 2.45) is 11.3 Å². The maximum atomic E-state index is 13.9. The van der Waals surface area contributed by atoms with Gasteiger partial charge in [-0.1, -0.05) is 30.3 Å². The van der Waals surface area contributed by atoms with Gasteiger partial charge in [-0.3, -0.25) is 0 Å². The highest BCUT2D eigenvalue weighted by atomic mass is 35.5. The molecule has 2 aromatic rings. The average molecular weight is 423 g/mol. The summed E-state index contributed by atoms with van der Waals surface area (Å²) in [7, 11) is 0. The molecule has 3 heterocycles. The van der Waals surface area contributed by atoms with Gasteiger partial charge in [0.25, 0.3) is 0 Å². The number of nitrogens with two attached hydrogens (primary N) is 2. The Labute approximate surface area is 173 Å². The van der Waals surface area contributed by atoms with E-state index in [9.17, 15) is 4.39 Å². The number of hydrogen-bond donors (Lipinski definition) is 2. The van der Waals surface area contributed by atoms with Gasteiger partial charge in [-0.15, -0.1) is 0 Å². The number of piperidine rings is 1. The van der Waals surface area contributed by atoms with E-state index in [-0.39, 0.29) is 11.2 Å². The van der Waals surface area contributed by atoms with E-state index in [1.165, 1.54) is 11.8 Å². The Morgan fingerprint density at radius 3 is 2.64 bits per heavy atom. The van der Waals surface area contributed by atoms with Crippen molar-refractivity contribution in [3.8, 4) is 0 Å². The lowest BCUT2D eigenvalue weighted by atomic mass is 9.71. The van der Waals surface area contributed by atoms with Gasteiger partial charge in [0.1, 0.15) is 22.8 Å². The molecular formula is C19H24ClFN6S. The minimum atomic E-state index is -0.651. The maximum absolute atomic E-state index is 13.9. The third-order valence-corrected chi connectivity index (χ3v) is 7.78. The number of nitrogen functional groups attached to an aromatic ring is 2. The highest BCUT2D eigenvalue weighted by Crippen LogP contribution is 2.51. The summed E-state index contributed by atoms with van der Waals surface area (Å²) < 4.78 is 13.9. The fraction of sp³-hybridized carbons (Fsp3) is 0.526. The lowest BCUT2D eigenvalue weighted by Crippen LogP contribution is -2.42. The molecule has 0 unspecified atom stereocenters. The topological polar surface area (TPSA) is 94.0 Å². The molecule has 0 amide bonds. The lowest BCUT2D eigenvalue weighted by Gasteiger charge is -2.42. The maximum Gasteiger partial charge on any atom is 0.158 e. The van der Waals surface area contributed by atoms with Gasteiger partial charge >= 0.3 is 0 Å². The summed E-state index contributed by atoms with van der Waals surface area (Å²) in [6, 6.07) is 1.77. The fourth-order valence-corrected chi connectivity index (χ4v) is 5.49. The Balaban J connectivity index is 1.46. The van der Waals surface area contributed by atoms with Crippen molar-refractivity contribution < 1.29 is 4.39 Å². The third kappa shape index (κ3) is 3.59. The molecule has 2 aliphatic rings. The van der Waals surface area contributed by atoms with E-state index in [0.717, 1.165) is 36.6 Å². The molecule has 2 fully saturated rings. The number of hydrogen-bond acceptors (Lipinski definition) is 7.